The van der Waals surface area contributed by atoms with Crippen LogP contribution in [-0.2, 0) is 6.42 Å². The number of fused-ring (bicyclic) bond motifs is 6. The second-order valence-corrected chi connectivity index (χ2v) is 3.08. The molecule has 0 fully saturated rings. The first kappa shape index (κ1) is 3.21. The van der Waals surface area contributed by atoms with Crippen LogP contribution in [0.3, 0.4) is 0 Å². The monoisotopic (exact) mass is 112 g/mol. The Labute approximate surface area is 52.1 Å². The molecule has 0 nitrogen and oxygen atoms in total. The molecule has 0 atom stereocenters. The quantitative estimate of drug-likeness (QED) is 0.297. The average Bonchev–Trinajstić information content (AvgIpc) is 2.64. The van der Waals surface area contributed by atoms with Gasteiger partial charge in [0.05, 0.1) is 0 Å². The van der Waals surface area contributed by atoms with Crippen molar-refractivity contribution >= 4 is 12.2 Å². The Morgan fingerprint density at radius 3 is 2.00 bits per heavy atom. The van der Waals surface area contributed by atoms with Gasteiger partial charge >= 0.3 is 0 Å². The van der Waals surface area contributed by atoms with Gasteiger partial charge in [0.2, 0.25) is 0 Å². The van der Waals surface area contributed by atoms with E-state index in [4.69, 9.17) is 0 Å². The molecule has 0 saturated carbocycles. The van der Waals surface area contributed by atoms with Crippen LogP contribution in [0.2, 0.25) is 0 Å². The van der Waals surface area contributed by atoms with Gasteiger partial charge in [0, 0.05) is 0 Å². The maximum absolute atomic E-state index is 2.31. The molecule has 0 radical (unpaired) electrons. The first-order chi connectivity index (χ1) is 4.45. The molecule has 40 valence electrons. The highest BCUT2D eigenvalue weighted by molar-refractivity contribution is 5.89. The van der Waals surface area contributed by atoms with Crippen molar-refractivity contribution in [3.8, 4) is 0 Å². The smallest absolute Gasteiger partial charge is 0.000729 e. The zero-order valence-electron chi connectivity index (χ0n) is 4.86. The Kier molecular flexibility index (Phi) is 0.221. The summed E-state index contributed by atoms with van der Waals surface area (Å²) in [4.78, 5) is 0. The van der Waals surface area contributed by atoms with Crippen molar-refractivity contribution in [3.63, 3.8) is 0 Å². The number of hydrogen-bond donors (Lipinski definition) is 0. The van der Waals surface area contributed by atoms with Crippen molar-refractivity contribution in [2.24, 2.45) is 0 Å². The zero-order valence-corrected chi connectivity index (χ0v) is 4.86. The Hall–Kier alpha value is -1.04. The fourth-order valence-corrected chi connectivity index (χ4v) is 1.81. The molecule has 0 amide bonds. The first-order valence-electron chi connectivity index (χ1n) is 3.36. The van der Waals surface area contributed by atoms with Crippen molar-refractivity contribution in [2.75, 3.05) is 0 Å². The first-order valence-corrected chi connectivity index (χ1v) is 3.36. The Balaban J connectivity index is 2.58. The Morgan fingerprint density at radius 2 is 1.44 bits per heavy atom. The summed E-state index contributed by atoms with van der Waals surface area (Å²) >= 11 is 0. The number of rotatable bonds is 0. The third-order valence-corrected chi connectivity index (χ3v) is 2.52. The van der Waals surface area contributed by atoms with E-state index in [0.29, 0.717) is 0 Å². The molecule has 9 heavy (non-hydrogen) atoms. The lowest BCUT2D eigenvalue weighted by atomic mass is 10.3. The van der Waals surface area contributed by atoms with E-state index < -0.39 is 0 Å². The molecule has 0 saturated heterocycles. The third-order valence-electron chi connectivity index (χ3n) is 2.52. The van der Waals surface area contributed by atoms with Crippen LogP contribution in [-0.4, -0.2) is 0 Å². The van der Waals surface area contributed by atoms with Gasteiger partial charge in [-0.3, -0.25) is 0 Å². The second kappa shape index (κ2) is 0.621. The lowest BCUT2D eigenvalue weighted by Crippen LogP contribution is -1.91. The highest BCUT2D eigenvalue weighted by Gasteiger charge is 2.33. The molecule has 0 aromatic heterocycles. The molecule has 4 rings (SSSR count). The molecule has 0 N–H and O–H groups in total. The van der Waals surface area contributed by atoms with Gasteiger partial charge in [0.1, 0.15) is 0 Å². The normalized spacial score (nSPS) is 18.2. The van der Waals surface area contributed by atoms with Crippen molar-refractivity contribution in [3.05, 3.63) is 32.7 Å². The van der Waals surface area contributed by atoms with E-state index in [1.807, 2.05) is 0 Å². The van der Waals surface area contributed by atoms with E-state index in [1.165, 1.54) is 6.42 Å². The summed E-state index contributed by atoms with van der Waals surface area (Å²) in [7, 11) is 0. The summed E-state index contributed by atoms with van der Waals surface area (Å²) in [6.45, 7) is 0. The lowest BCUT2D eigenvalue weighted by molar-refractivity contribution is 1.58. The summed E-state index contributed by atoms with van der Waals surface area (Å²) in [5.41, 5.74) is 6.41. The lowest BCUT2D eigenvalue weighted by Gasteiger charge is -1.69. The molecular formula is C9H4. The SMILES string of the molecule is C1=c2c1c1c(c3c2C3)=C1. The zero-order chi connectivity index (χ0) is 5.59. The van der Waals surface area contributed by atoms with Crippen LogP contribution in [0.4, 0.5) is 0 Å². The highest BCUT2D eigenvalue weighted by atomic mass is 14.4. The summed E-state index contributed by atoms with van der Waals surface area (Å²) < 4.78 is 0. The van der Waals surface area contributed by atoms with E-state index in [0.717, 1.165) is 0 Å². The van der Waals surface area contributed by atoms with E-state index in [9.17, 15) is 0 Å². The van der Waals surface area contributed by atoms with Crippen LogP contribution in [0.5, 0.6) is 0 Å². The summed E-state index contributed by atoms with van der Waals surface area (Å²) in [5.74, 6) is 0. The van der Waals surface area contributed by atoms with Gasteiger partial charge in [-0.15, -0.1) is 0 Å². The maximum atomic E-state index is 2.31. The van der Waals surface area contributed by atoms with Gasteiger partial charge in [0.15, 0.2) is 0 Å². The van der Waals surface area contributed by atoms with Crippen LogP contribution < -0.4 is 10.4 Å². The Morgan fingerprint density at radius 1 is 0.889 bits per heavy atom. The van der Waals surface area contributed by atoms with E-state index in [-0.39, 0.29) is 0 Å². The topological polar surface area (TPSA) is 0 Å². The summed E-state index contributed by atoms with van der Waals surface area (Å²) in [6, 6.07) is 0. The number of benzene rings is 1. The molecule has 0 spiro atoms. The van der Waals surface area contributed by atoms with Crippen molar-refractivity contribution in [1.29, 1.82) is 0 Å². The molecule has 0 aliphatic heterocycles. The van der Waals surface area contributed by atoms with Gasteiger partial charge < -0.3 is 0 Å². The predicted octanol–water partition coefficient (Wildman–Crippen LogP) is -0.125. The molecule has 1 aromatic rings. The molecule has 3 aliphatic carbocycles. The summed E-state index contributed by atoms with van der Waals surface area (Å²) in [5, 5.41) is 3.16. The van der Waals surface area contributed by atoms with Crippen LogP contribution in [0.1, 0.15) is 22.3 Å². The van der Waals surface area contributed by atoms with Crippen LogP contribution in [0.25, 0.3) is 12.2 Å². The molecule has 0 heteroatoms. The van der Waals surface area contributed by atoms with Gasteiger partial charge in [0.25, 0.3) is 0 Å². The van der Waals surface area contributed by atoms with Crippen LogP contribution in [0, 0.1) is 0 Å². The minimum Gasteiger partial charge on any atom is -0.0455 e. The minimum absolute atomic E-state index is 1.30. The molecule has 3 aliphatic rings. The average molecular weight is 112 g/mol. The van der Waals surface area contributed by atoms with E-state index in [1.54, 1.807) is 32.7 Å². The van der Waals surface area contributed by atoms with Gasteiger partial charge in [-0.05, 0) is 51.3 Å². The fourth-order valence-electron chi connectivity index (χ4n) is 1.81. The summed E-state index contributed by atoms with van der Waals surface area (Å²) in [6.07, 6.45) is 5.92. The molecule has 0 heterocycles. The van der Waals surface area contributed by atoms with Gasteiger partial charge in [-0.25, -0.2) is 0 Å². The van der Waals surface area contributed by atoms with Gasteiger partial charge in [-0.2, -0.15) is 0 Å². The second-order valence-electron chi connectivity index (χ2n) is 3.08. The van der Waals surface area contributed by atoms with Crippen LogP contribution >= 0.6 is 0 Å². The van der Waals surface area contributed by atoms with E-state index >= 15 is 0 Å². The maximum Gasteiger partial charge on any atom is -0.000729 e. The fraction of sp³-hybridized carbons (Fsp3) is 0.111. The third kappa shape index (κ3) is 0.204. The van der Waals surface area contributed by atoms with Crippen molar-refractivity contribution in [1.82, 2.24) is 0 Å². The number of hydrogen-bond acceptors (Lipinski definition) is 0. The van der Waals surface area contributed by atoms with E-state index in [2.05, 4.69) is 12.2 Å². The highest BCUT2D eigenvalue weighted by Crippen LogP contribution is 2.31. The minimum atomic E-state index is 1.30. The van der Waals surface area contributed by atoms with Crippen LogP contribution in [0.15, 0.2) is 0 Å². The molecule has 1 aromatic carbocycles. The molecule has 0 bridgehead atoms. The van der Waals surface area contributed by atoms with Gasteiger partial charge in [-0.1, -0.05) is 0 Å². The van der Waals surface area contributed by atoms with Crippen molar-refractivity contribution in [2.45, 2.75) is 6.42 Å². The Bertz CT molecular complexity index is 431. The molecular weight excluding hydrogens is 108 g/mol. The largest absolute Gasteiger partial charge is 0.0455 e. The molecule has 0 unspecified atom stereocenters. The van der Waals surface area contributed by atoms with Crippen molar-refractivity contribution < 1.29 is 0 Å². The predicted molar refractivity (Wildman–Crippen MR) is 35.6 cm³/mol. The standard InChI is InChI=1S/C9H4/c1-4-5(1)7-3-9(7)8-2-6(4)8/h1-2H,3H2.